The Labute approximate surface area is 183 Å². The van der Waals surface area contributed by atoms with Gasteiger partial charge in [-0.1, -0.05) is 30.3 Å². The van der Waals surface area contributed by atoms with Crippen LogP contribution in [0, 0.1) is 13.8 Å². The number of alkyl halides is 3. The highest BCUT2D eigenvalue weighted by Gasteiger charge is 2.31. The average molecular weight is 444 g/mol. The van der Waals surface area contributed by atoms with Gasteiger partial charge in [0, 0.05) is 18.7 Å². The molecule has 9 heteroatoms. The summed E-state index contributed by atoms with van der Waals surface area (Å²) in [6.45, 7) is 3.60. The Morgan fingerprint density at radius 1 is 1.00 bits per heavy atom. The Hall–Kier alpha value is -3.62. The first kappa shape index (κ1) is 23.1. The maximum absolute atomic E-state index is 13.2. The Kier molecular flexibility index (Phi) is 6.97. The molecule has 0 atom stereocenters. The number of benzene rings is 2. The van der Waals surface area contributed by atoms with E-state index in [1.54, 1.807) is 19.9 Å². The fourth-order valence-electron chi connectivity index (χ4n) is 3.24. The molecule has 0 fully saturated rings. The number of nitrogens with one attached hydrogen (secondary N) is 2. The Morgan fingerprint density at radius 3 is 2.34 bits per heavy atom. The van der Waals surface area contributed by atoms with Crippen LogP contribution in [0.4, 0.5) is 18.9 Å². The summed E-state index contributed by atoms with van der Waals surface area (Å²) in [6.07, 6.45) is -4.47. The first-order chi connectivity index (χ1) is 15.1. The van der Waals surface area contributed by atoms with E-state index in [1.807, 2.05) is 30.3 Å². The van der Waals surface area contributed by atoms with Gasteiger partial charge in [-0.15, -0.1) is 0 Å². The Bertz CT molecular complexity index is 1110. The van der Waals surface area contributed by atoms with Crippen molar-refractivity contribution in [1.29, 1.82) is 0 Å². The van der Waals surface area contributed by atoms with Crippen molar-refractivity contribution < 1.29 is 22.8 Å². The lowest BCUT2D eigenvalue weighted by Gasteiger charge is -2.16. The minimum atomic E-state index is -4.56. The van der Waals surface area contributed by atoms with Crippen LogP contribution in [0.1, 0.15) is 28.9 Å². The van der Waals surface area contributed by atoms with Gasteiger partial charge in [-0.2, -0.15) is 18.3 Å². The Balaban J connectivity index is 1.68. The van der Waals surface area contributed by atoms with Crippen molar-refractivity contribution in [2.45, 2.75) is 32.9 Å². The van der Waals surface area contributed by atoms with Gasteiger partial charge in [0.25, 0.3) is 0 Å². The fourth-order valence-corrected chi connectivity index (χ4v) is 3.24. The van der Waals surface area contributed by atoms with Gasteiger partial charge in [0.05, 0.1) is 29.1 Å². The van der Waals surface area contributed by atoms with E-state index in [4.69, 9.17) is 0 Å². The monoisotopic (exact) mass is 444 g/mol. The zero-order valence-electron chi connectivity index (χ0n) is 17.7. The second-order valence-electron chi connectivity index (χ2n) is 7.38. The molecular formula is C23H23F3N4O2. The fraction of sp³-hybridized carbons (Fsp3) is 0.261. The van der Waals surface area contributed by atoms with Crippen LogP contribution < -0.4 is 10.6 Å². The van der Waals surface area contributed by atoms with Crippen molar-refractivity contribution in [3.8, 4) is 5.69 Å². The number of hydrogen-bond donors (Lipinski definition) is 2. The summed E-state index contributed by atoms with van der Waals surface area (Å²) in [5.41, 5.74) is 1.69. The number of aryl methyl sites for hydroxylation is 2. The summed E-state index contributed by atoms with van der Waals surface area (Å²) in [5, 5.41) is 9.47. The van der Waals surface area contributed by atoms with Crippen LogP contribution in [0.25, 0.3) is 5.69 Å². The SMILES string of the molecule is Cc1cc(C)n(-c2ccc(C(F)(F)F)cc2NC(=O)CCNC(=O)Cc2ccccc2)n1. The van der Waals surface area contributed by atoms with Crippen LogP contribution in [-0.4, -0.2) is 28.1 Å². The van der Waals surface area contributed by atoms with Gasteiger partial charge in [-0.05, 0) is 43.7 Å². The maximum atomic E-state index is 13.2. The number of hydrogen-bond acceptors (Lipinski definition) is 3. The van der Waals surface area contributed by atoms with Crippen molar-refractivity contribution >= 4 is 17.5 Å². The third-order valence-electron chi connectivity index (χ3n) is 4.72. The first-order valence-electron chi connectivity index (χ1n) is 9.99. The number of aromatic nitrogens is 2. The minimum absolute atomic E-state index is 0.00774. The zero-order valence-corrected chi connectivity index (χ0v) is 17.7. The highest BCUT2D eigenvalue weighted by Crippen LogP contribution is 2.33. The van der Waals surface area contributed by atoms with E-state index in [-0.39, 0.29) is 31.0 Å². The predicted octanol–water partition coefficient (Wildman–Crippen LogP) is 4.20. The minimum Gasteiger partial charge on any atom is -0.355 e. The zero-order chi connectivity index (χ0) is 23.3. The third kappa shape index (κ3) is 5.96. The molecule has 0 aliphatic heterocycles. The van der Waals surface area contributed by atoms with E-state index < -0.39 is 17.6 Å². The predicted molar refractivity (Wildman–Crippen MR) is 114 cm³/mol. The largest absolute Gasteiger partial charge is 0.416 e. The molecule has 1 heterocycles. The molecule has 6 nitrogen and oxygen atoms in total. The molecule has 0 saturated carbocycles. The second kappa shape index (κ2) is 9.67. The molecule has 0 bridgehead atoms. The van der Waals surface area contributed by atoms with Gasteiger partial charge >= 0.3 is 6.18 Å². The van der Waals surface area contributed by atoms with E-state index in [0.29, 0.717) is 17.1 Å². The highest BCUT2D eigenvalue weighted by molar-refractivity contribution is 5.93. The number of anilines is 1. The summed E-state index contributed by atoms with van der Waals surface area (Å²) in [4.78, 5) is 24.4. The number of amides is 2. The van der Waals surface area contributed by atoms with E-state index in [1.165, 1.54) is 10.7 Å². The van der Waals surface area contributed by atoms with Crippen molar-refractivity contribution in [1.82, 2.24) is 15.1 Å². The van der Waals surface area contributed by atoms with Crippen LogP contribution in [-0.2, 0) is 22.2 Å². The summed E-state index contributed by atoms with van der Waals surface area (Å²) < 4.78 is 41.1. The molecule has 2 amide bonds. The number of rotatable bonds is 7. The van der Waals surface area contributed by atoms with Crippen molar-refractivity contribution in [2.24, 2.45) is 0 Å². The van der Waals surface area contributed by atoms with Crippen molar-refractivity contribution in [3.63, 3.8) is 0 Å². The number of carbonyl (C=O) groups excluding carboxylic acids is 2. The molecule has 168 valence electrons. The van der Waals surface area contributed by atoms with Gasteiger partial charge in [-0.25, -0.2) is 4.68 Å². The van der Waals surface area contributed by atoms with E-state index in [2.05, 4.69) is 15.7 Å². The van der Waals surface area contributed by atoms with Crippen LogP contribution >= 0.6 is 0 Å². The smallest absolute Gasteiger partial charge is 0.355 e. The Morgan fingerprint density at radius 2 is 1.72 bits per heavy atom. The lowest BCUT2D eigenvalue weighted by Crippen LogP contribution is -2.29. The molecule has 3 rings (SSSR count). The lowest BCUT2D eigenvalue weighted by molar-refractivity contribution is -0.137. The van der Waals surface area contributed by atoms with Gasteiger partial charge < -0.3 is 10.6 Å². The molecule has 3 aromatic rings. The molecule has 0 saturated heterocycles. The van der Waals surface area contributed by atoms with E-state index >= 15 is 0 Å². The van der Waals surface area contributed by atoms with Crippen molar-refractivity contribution in [3.05, 3.63) is 77.1 Å². The molecule has 0 unspecified atom stereocenters. The summed E-state index contributed by atoms with van der Waals surface area (Å²) in [6, 6.07) is 14.0. The average Bonchev–Trinajstić information content (AvgIpc) is 3.05. The van der Waals surface area contributed by atoms with Gasteiger partial charge in [0.15, 0.2) is 0 Å². The molecule has 2 N–H and O–H groups in total. The van der Waals surface area contributed by atoms with E-state index in [9.17, 15) is 22.8 Å². The third-order valence-corrected chi connectivity index (χ3v) is 4.72. The van der Waals surface area contributed by atoms with Crippen LogP contribution in [0.5, 0.6) is 0 Å². The maximum Gasteiger partial charge on any atom is 0.416 e. The van der Waals surface area contributed by atoms with Gasteiger partial charge in [0.2, 0.25) is 11.8 Å². The number of nitrogens with zero attached hydrogens (tertiary/aromatic N) is 2. The normalized spacial score (nSPS) is 11.3. The molecule has 32 heavy (non-hydrogen) atoms. The van der Waals surface area contributed by atoms with Crippen LogP contribution in [0.15, 0.2) is 54.6 Å². The molecule has 1 aromatic heterocycles. The molecule has 2 aromatic carbocycles. The molecule has 0 radical (unpaired) electrons. The van der Waals surface area contributed by atoms with E-state index in [0.717, 1.165) is 17.7 Å². The second-order valence-corrected chi connectivity index (χ2v) is 7.38. The molecular weight excluding hydrogens is 421 g/mol. The lowest BCUT2D eigenvalue weighted by atomic mass is 10.1. The summed E-state index contributed by atoms with van der Waals surface area (Å²) in [7, 11) is 0. The van der Waals surface area contributed by atoms with Crippen LogP contribution in [0.3, 0.4) is 0 Å². The molecule has 0 spiro atoms. The van der Waals surface area contributed by atoms with Crippen molar-refractivity contribution in [2.75, 3.05) is 11.9 Å². The highest BCUT2D eigenvalue weighted by atomic mass is 19.4. The molecule has 0 aliphatic carbocycles. The number of halogens is 3. The number of carbonyl (C=O) groups is 2. The van der Waals surface area contributed by atoms with Crippen LogP contribution in [0.2, 0.25) is 0 Å². The standard InChI is InChI=1S/C23H23F3N4O2/c1-15-12-16(2)30(29-15)20-9-8-18(23(24,25)26)14-19(20)28-21(31)10-11-27-22(32)13-17-6-4-3-5-7-17/h3-9,12,14H,10-11,13H2,1-2H3,(H,27,32)(H,28,31). The summed E-state index contributed by atoms with van der Waals surface area (Å²) >= 11 is 0. The summed E-state index contributed by atoms with van der Waals surface area (Å²) in [5.74, 6) is -0.765. The topological polar surface area (TPSA) is 76.0 Å². The van der Waals surface area contributed by atoms with Gasteiger partial charge in [0.1, 0.15) is 0 Å². The molecule has 0 aliphatic rings. The quantitative estimate of drug-likeness (QED) is 0.574. The first-order valence-corrected chi connectivity index (χ1v) is 9.99. The van der Waals surface area contributed by atoms with Gasteiger partial charge in [-0.3, -0.25) is 9.59 Å².